The number of rotatable bonds is 11. The highest BCUT2D eigenvalue weighted by atomic mass is 32.2. The number of carbonyl (C=O) groups excluding carboxylic acids is 2. The van der Waals surface area contributed by atoms with Crippen LogP contribution in [0.1, 0.15) is 20.3 Å². The third-order valence-electron chi connectivity index (χ3n) is 4.71. The van der Waals surface area contributed by atoms with E-state index < -0.39 is 11.7 Å². The molecule has 2 amide bonds. The van der Waals surface area contributed by atoms with E-state index in [0.717, 1.165) is 11.8 Å². The molecular formula is C24H27FN4O4S. The summed E-state index contributed by atoms with van der Waals surface area (Å²) in [4.78, 5) is 41.9. The molecule has 3 rings (SSSR count). The van der Waals surface area contributed by atoms with E-state index in [1.165, 1.54) is 24.3 Å². The van der Waals surface area contributed by atoms with Crippen LogP contribution in [0.15, 0.2) is 58.5 Å². The second kappa shape index (κ2) is 12.3. The van der Waals surface area contributed by atoms with Crippen LogP contribution in [0.2, 0.25) is 0 Å². The summed E-state index contributed by atoms with van der Waals surface area (Å²) in [5, 5.41) is 6.06. The van der Waals surface area contributed by atoms with Gasteiger partial charge in [-0.1, -0.05) is 23.9 Å². The summed E-state index contributed by atoms with van der Waals surface area (Å²) in [5.41, 5.74) is 0.821. The van der Waals surface area contributed by atoms with Gasteiger partial charge in [0.25, 0.3) is 5.56 Å². The van der Waals surface area contributed by atoms with Gasteiger partial charge in [0.15, 0.2) is 5.16 Å². The number of hydrogen-bond donors (Lipinski definition) is 2. The van der Waals surface area contributed by atoms with E-state index in [0.29, 0.717) is 41.3 Å². The lowest BCUT2D eigenvalue weighted by Crippen LogP contribution is -2.34. The van der Waals surface area contributed by atoms with E-state index >= 15 is 0 Å². The van der Waals surface area contributed by atoms with Gasteiger partial charge in [0, 0.05) is 18.8 Å². The first-order chi connectivity index (χ1) is 16.3. The maximum Gasteiger partial charge on any atom is 0.262 e. The Hall–Kier alpha value is -3.24. The van der Waals surface area contributed by atoms with E-state index in [2.05, 4.69) is 15.6 Å². The van der Waals surface area contributed by atoms with Gasteiger partial charge < -0.3 is 15.4 Å². The summed E-state index contributed by atoms with van der Waals surface area (Å²) in [7, 11) is 0. The minimum Gasteiger partial charge on any atom is -0.379 e. The number of nitrogens with zero attached hydrogens (tertiary/aromatic N) is 2. The average Bonchev–Trinajstić information content (AvgIpc) is 2.81. The van der Waals surface area contributed by atoms with Crippen LogP contribution in [0.5, 0.6) is 0 Å². The molecule has 180 valence electrons. The van der Waals surface area contributed by atoms with Crippen molar-refractivity contribution in [3.8, 4) is 0 Å². The van der Waals surface area contributed by atoms with Gasteiger partial charge in [0.2, 0.25) is 11.8 Å². The molecule has 0 atom stereocenters. The summed E-state index contributed by atoms with van der Waals surface area (Å²) in [6, 6.07) is 12.4. The molecule has 0 aliphatic carbocycles. The molecule has 0 saturated heterocycles. The highest BCUT2D eigenvalue weighted by Crippen LogP contribution is 2.18. The van der Waals surface area contributed by atoms with Crippen molar-refractivity contribution in [1.29, 1.82) is 0 Å². The molecule has 0 fully saturated rings. The molecule has 0 aliphatic heterocycles. The predicted molar refractivity (Wildman–Crippen MR) is 130 cm³/mol. The normalized spacial score (nSPS) is 11.1. The van der Waals surface area contributed by atoms with E-state index in [-0.39, 0.29) is 29.9 Å². The van der Waals surface area contributed by atoms with Crippen LogP contribution in [0.25, 0.3) is 10.9 Å². The molecule has 0 aliphatic rings. The van der Waals surface area contributed by atoms with Crippen LogP contribution >= 0.6 is 11.8 Å². The van der Waals surface area contributed by atoms with Crippen molar-refractivity contribution in [2.45, 2.75) is 38.1 Å². The molecule has 1 heterocycles. The summed E-state index contributed by atoms with van der Waals surface area (Å²) in [5.74, 6) is -1.24. The number of benzene rings is 2. The smallest absolute Gasteiger partial charge is 0.262 e. The van der Waals surface area contributed by atoms with Gasteiger partial charge in [0.05, 0.1) is 29.3 Å². The summed E-state index contributed by atoms with van der Waals surface area (Å²) < 4.78 is 20.1. The lowest BCUT2D eigenvalue weighted by Gasteiger charge is -2.14. The van der Waals surface area contributed by atoms with E-state index in [1.807, 2.05) is 13.8 Å². The minimum atomic E-state index is -0.434. The molecule has 2 aromatic carbocycles. The van der Waals surface area contributed by atoms with Crippen molar-refractivity contribution in [2.75, 3.05) is 24.2 Å². The Labute approximate surface area is 200 Å². The zero-order valence-corrected chi connectivity index (χ0v) is 19.9. The summed E-state index contributed by atoms with van der Waals surface area (Å²) >= 11 is 1.13. The molecule has 8 nitrogen and oxygen atoms in total. The molecule has 2 N–H and O–H groups in total. The minimum absolute atomic E-state index is 0.0168. The zero-order chi connectivity index (χ0) is 24.5. The lowest BCUT2D eigenvalue weighted by molar-refractivity contribution is -0.122. The van der Waals surface area contributed by atoms with Gasteiger partial charge in [-0.2, -0.15) is 0 Å². The van der Waals surface area contributed by atoms with E-state index in [1.54, 1.807) is 28.8 Å². The molecule has 0 saturated carbocycles. The van der Waals surface area contributed by atoms with Crippen molar-refractivity contribution >= 4 is 40.2 Å². The Morgan fingerprint density at radius 1 is 1.12 bits per heavy atom. The Bertz CT molecular complexity index is 1200. The highest BCUT2D eigenvalue weighted by molar-refractivity contribution is 7.99. The second-order valence-electron chi connectivity index (χ2n) is 7.76. The maximum atomic E-state index is 13.0. The fourth-order valence-corrected chi connectivity index (χ4v) is 3.95. The number of ether oxygens (including phenoxy) is 1. The van der Waals surface area contributed by atoms with Crippen LogP contribution in [0.3, 0.4) is 0 Å². The predicted octanol–water partition coefficient (Wildman–Crippen LogP) is 3.20. The summed E-state index contributed by atoms with van der Waals surface area (Å²) in [6.45, 7) is 4.58. The zero-order valence-electron chi connectivity index (χ0n) is 19.0. The molecule has 34 heavy (non-hydrogen) atoms. The average molecular weight is 487 g/mol. The Balaban J connectivity index is 1.60. The largest absolute Gasteiger partial charge is 0.379 e. The van der Waals surface area contributed by atoms with Gasteiger partial charge in [-0.25, -0.2) is 9.37 Å². The molecule has 0 bridgehead atoms. The van der Waals surface area contributed by atoms with Crippen molar-refractivity contribution in [1.82, 2.24) is 14.9 Å². The number of para-hydroxylation sites is 1. The highest BCUT2D eigenvalue weighted by Gasteiger charge is 2.14. The number of fused-ring (bicyclic) bond motifs is 1. The maximum absolute atomic E-state index is 13.0. The molecule has 0 radical (unpaired) electrons. The van der Waals surface area contributed by atoms with E-state index in [4.69, 9.17) is 4.74 Å². The molecule has 10 heteroatoms. The van der Waals surface area contributed by atoms with Gasteiger partial charge in [0.1, 0.15) is 5.82 Å². The second-order valence-corrected chi connectivity index (χ2v) is 8.70. The van der Waals surface area contributed by atoms with Crippen LogP contribution in [0.4, 0.5) is 10.1 Å². The number of hydrogen-bond acceptors (Lipinski definition) is 6. The fourth-order valence-electron chi connectivity index (χ4n) is 3.10. The third kappa shape index (κ3) is 7.39. The number of aromatic nitrogens is 2. The number of amides is 2. The number of anilines is 1. The molecule has 0 spiro atoms. The SMILES string of the molecule is CC(C)OCCCn1c(SCC(=O)NCC(=O)Nc2ccc(F)cc2)nc2ccccc2c1=O. The first-order valence-corrected chi connectivity index (χ1v) is 11.9. The van der Waals surface area contributed by atoms with Gasteiger partial charge in [-0.3, -0.25) is 19.0 Å². The van der Waals surface area contributed by atoms with Crippen LogP contribution in [0, 0.1) is 5.82 Å². The quantitative estimate of drug-likeness (QED) is 0.245. The number of nitrogens with one attached hydrogen (secondary N) is 2. The summed E-state index contributed by atoms with van der Waals surface area (Å²) in [6.07, 6.45) is 0.728. The van der Waals surface area contributed by atoms with Gasteiger partial charge >= 0.3 is 0 Å². The van der Waals surface area contributed by atoms with Crippen LogP contribution in [-0.2, 0) is 20.9 Å². The monoisotopic (exact) mass is 486 g/mol. The molecule has 0 unspecified atom stereocenters. The third-order valence-corrected chi connectivity index (χ3v) is 5.69. The Morgan fingerprint density at radius 3 is 2.59 bits per heavy atom. The Morgan fingerprint density at radius 2 is 1.85 bits per heavy atom. The standard InChI is InChI=1S/C24H27FN4O4S/c1-16(2)33-13-5-12-29-23(32)19-6-3-4-7-20(19)28-24(29)34-15-22(31)26-14-21(30)27-18-10-8-17(25)9-11-18/h3-4,6-11,16H,5,12-15H2,1-2H3,(H,26,31)(H,27,30). The Kier molecular flexibility index (Phi) is 9.17. The van der Waals surface area contributed by atoms with Crippen molar-refractivity contribution in [3.63, 3.8) is 0 Å². The molecular weight excluding hydrogens is 459 g/mol. The molecule has 3 aromatic rings. The fraction of sp³-hybridized carbons (Fsp3) is 0.333. The van der Waals surface area contributed by atoms with Crippen molar-refractivity contribution < 1.29 is 18.7 Å². The first-order valence-electron chi connectivity index (χ1n) is 10.9. The number of halogens is 1. The number of thioether (sulfide) groups is 1. The van der Waals surface area contributed by atoms with Crippen LogP contribution in [-0.4, -0.2) is 46.4 Å². The van der Waals surface area contributed by atoms with E-state index in [9.17, 15) is 18.8 Å². The van der Waals surface area contributed by atoms with Gasteiger partial charge in [-0.15, -0.1) is 0 Å². The van der Waals surface area contributed by atoms with Gasteiger partial charge in [-0.05, 0) is 56.7 Å². The topological polar surface area (TPSA) is 102 Å². The first kappa shape index (κ1) is 25.4. The van der Waals surface area contributed by atoms with Crippen LogP contribution < -0.4 is 16.2 Å². The number of carbonyl (C=O) groups is 2. The van der Waals surface area contributed by atoms with Crippen molar-refractivity contribution in [2.24, 2.45) is 0 Å². The lowest BCUT2D eigenvalue weighted by atomic mass is 10.2. The van der Waals surface area contributed by atoms with Crippen molar-refractivity contribution in [3.05, 3.63) is 64.7 Å². The molecule has 1 aromatic heterocycles.